The van der Waals surface area contributed by atoms with Crippen molar-refractivity contribution in [2.75, 3.05) is 0 Å². The van der Waals surface area contributed by atoms with Crippen LogP contribution in [0, 0.1) is 13.8 Å². The summed E-state index contributed by atoms with van der Waals surface area (Å²) < 4.78 is 40.7. The monoisotopic (exact) mass is 480 g/mol. The lowest BCUT2D eigenvalue weighted by Crippen LogP contribution is -2.07. The molecular weight excluding hydrogens is 453 g/mol. The minimum atomic E-state index is -4.43. The highest BCUT2D eigenvalue weighted by Crippen LogP contribution is 2.36. The number of alkyl halides is 3. The van der Waals surface area contributed by atoms with Gasteiger partial charge in [0.05, 0.1) is 5.56 Å². The van der Waals surface area contributed by atoms with Gasteiger partial charge in [0.15, 0.2) is 0 Å². The van der Waals surface area contributed by atoms with Gasteiger partial charge in [-0.2, -0.15) is 13.2 Å². The van der Waals surface area contributed by atoms with Crippen LogP contribution in [0.2, 0.25) is 0 Å². The number of hydrogen-bond donors (Lipinski definition) is 0. The summed E-state index contributed by atoms with van der Waals surface area (Å²) in [5.41, 5.74) is 8.54. The van der Waals surface area contributed by atoms with Crippen LogP contribution in [0.15, 0.2) is 92.0 Å². The number of halogens is 3. The van der Waals surface area contributed by atoms with E-state index in [1.807, 2.05) is 43.3 Å². The first kappa shape index (κ1) is 25.0. The van der Waals surface area contributed by atoms with Crippen LogP contribution < -0.4 is 0 Å². The minimum Gasteiger partial charge on any atom is -0.166 e. The van der Waals surface area contributed by atoms with Crippen molar-refractivity contribution >= 4 is 24.3 Å². The number of benzene rings is 4. The molecule has 0 radical (unpaired) electrons. The van der Waals surface area contributed by atoms with Gasteiger partial charge in [-0.25, -0.2) is 0 Å². The number of hydrogen-bond acceptors (Lipinski definition) is 0. The van der Waals surface area contributed by atoms with Gasteiger partial charge in [0.2, 0.25) is 0 Å². The fourth-order valence-electron chi connectivity index (χ4n) is 4.48. The standard InChI is InChI=1S/C33H27F3/c1-5-24-10-7-12-27(20-24)29-13-9-15-31(23(29)4)30-14-8-11-26(22(30)3)17-18-28-21-25(6-2)16-19-32(28)33(34,35)36/h5-21H,1-2H2,3-4H3/b18-17+. The molecule has 0 aliphatic heterocycles. The highest BCUT2D eigenvalue weighted by atomic mass is 19.4. The molecule has 0 saturated heterocycles. The van der Waals surface area contributed by atoms with Gasteiger partial charge >= 0.3 is 6.18 Å². The highest BCUT2D eigenvalue weighted by Gasteiger charge is 2.32. The zero-order valence-corrected chi connectivity index (χ0v) is 20.4. The van der Waals surface area contributed by atoms with Crippen molar-refractivity contribution in [3.8, 4) is 22.3 Å². The first-order chi connectivity index (χ1) is 17.2. The van der Waals surface area contributed by atoms with Gasteiger partial charge < -0.3 is 0 Å². The zero-order chi connectivity index (χ0) is 25.9. The van der Waals surface area contributed by atoms with Crippen LogP contribution in [0.5, 0.6) is 0 Å². The second-order valence-corrected chi connectivity index (χ2v) is 8.71. The second kappa shape index (κ2) is 10.2. The van der Waals surface area contributed by atoms with Crippen molar-refractivity contribution in [3.63, 3.8) is 0 Å². The van der Waals surface area contributed by atoms with Crippen LogP contribution >= 0.6 is 0 Å². The van der Waals surface area contributed by atoms with Gasteiger partial charge in [-0.15, -0.1) is 0 Å². The Morgan fingerprint density at radius 2 is 1.19 bits per heavy atom. The van der Waals surface area contributed by atoms with Crippen molar-refractivity contribution in [2.24, 2.45) is 0 Å². The fraction of sp³-hybridized carbons (Fsp3) is 0.0909. The summed E-state index contributed by atoms with van der Waals surface area (Å²) in [5.74, 6) is 0. The van der Waals surface area contributed by atoms with Crippen molar-refractivity contribution in [3.05, 3.63) is 131 Å². The molecule has 0 atom stereocenters. The Bertz CT molecular complexity index is 1470. The maximum absolute atomic E-state index is 13.6. The molecular formula is C33H27F3. The van der Waals surface area contributed by atoms with E-state index < -0.39 is 11.7 Å². The molecule has 0 unspecified atom stereocenters. The molecule has 0 spiro atoms. The minimum absolute atomic E-state index is 0.116. The van der Waals surface area contributed by atoms with Gasteiger partial charge in [-0.05, 0) is 87.7 Å². The van der Waals surface area contributed by atoms with E-state index in [1.165, 1.54) is 18.2 Å². The molecule has 0 N–H and O–H groups in total. The van der Waals surface area contributed by atoms with Crippen molar-refractivity contribution in [1.82, 2.24) is 0 Å². The predicted octanol–water partition coefficient (Wildman–Crippen LogP) is 10.1. The summed E-state index contributed by atoms with van der Waals surface area (Å²) in [6.07, 6.45) is 2.23. The maximum Gasteiger partial charge on any atom is 0.416 e. The van der Waals surface area contributed by atoms with Gasteiger partial charge in [-0.3, -0.25) is 0 Å². The Balaban J connectivity index is 1.77. The molecule has 0 aliphatic carbocycles. The third kappa shape index (κ3) is 5.11. The Labute approximate surface area is 210 Å². The van der Waals surface area contributed by atoms with Crippen molar-refractivity contribution in [2.45, 2.75) is 20.0 Å². The first-order valence-corrected chi connectivity index (χ1v) is 11.7. The molecule has 0 aliphatic rings. The normalized spacial score (nSPS) is 11.6. The molecule has 0 heterocycles. The summed E-state index contributed by atoms with van der Waals surface area (Å²) in [7, 11) is 0. The van der Waals surface area contributed by atoms with Crippen LogP contribution in [-0.2, 0) is 6.18 Å². The lowest BCUT2D eigenvalue weighted by atomic mass is 9.89. The highest BCUT2D eigenvalue weighted by molar-refractivity contribution is 5.83. The molecule has 36 heavy (non-hydrogen) atoms. The number of rotatable bonds is 6. The average molecular weight is 481 g/mol. The van der Waals surface area contributed by atoms with Crippen LogP contribution in [-0.4, -0.2) is 0 Å². The molecule has 4 rings (SSSR count). The van der Waals surface area contributed by atoms with Crippen molar-refractivity contribution < 1.29 is 13.2 Å². The lowest BCUT2D eigenvalue weighted by Gasteiger charge is -2.16. The van der Waals surface area contributed by atoms with E-state index in [2.05, 4.69) is 50.4 Å². The summed E-state index contributed by atoms with van der Waals surface area (Å²) >= 11 is 0. The van der Waals surface area contributed by atoms with Crippen molar-refractivity contribution in [1.29, 1.82) is 0 Å². The van der Waals surface area contributed by atoms with Crippen LogP contribution in [0.4, 0.5) is 13.2 Å². The van der Waals surface area contributed by atoms with Gasteiger partial charge in [0.1, 0.15) is 0 Å². The van der Waals surface area contributed by atoms with Gasteiger partial charge in [-0.1, -0.05) is 98.1 Å². The van der Waals surface area contributed by atoms with E-state index in [9.17, 15) is 13.2 Å². The summed E-state index contributed by atoms with van der Waals surface area (Å²) in [4.78, 5) is 0. The fourth-order valence-corrected chi connectivity index (χ4v) is 4.48. The van der Waals surface area contributed by atoms with Crippen LogP contribution in [0.1, 0.15) is 38.9 Å². The summed E-state index contributed by atoms with van der Waals surface area (Å²) in [6.45, 7) is 11.7. The molecule has 4 aromatic rings. The smallest absolute Gasteiger partial charge is 0.166 e. The van der Waals surface area contributed by atoms with Crippen LogP contribution in [0.25, 0.3) is 46.6 Å². The second-order valence-electron chi connectivity index (χ2n) is 8.71. The van der Waals surface area contributed by atoms with Gasteiger partial charge in [0.25, 0.3) is 0 Å². The average Bonchev–Trinajstić information content (AvgIpc) is 2.87. The molecule has 0 fully saturated rings. The molecule has 4 aromatic carbocycles. The Kier molecular flexibility index (Phi) is 7.12. The Morgan fingerprint density at radius 3 is 1.89 bits per heavy atom. The SMILES string of the molecule is C=Cc1cccc(-c2cccc(-c3cccc(/C=C/c4cc(C=C)ccc4C(F)(F)F)c3C)c2C)c1. The summed E-state index contributed by atoms with van der Waals surface area (Å²) in [6, 6.07) is 24.4. The Hall–Kier alpha value is -4.11. The Morgan fingerprint density at radius 1 is 0.611 bits per heavy atom. The topological polar surface area (TPSA) is 0 Å². The predicted molar refractivity (Wildman–Crippen MR) is 147 cm³/mol. The van der Waals surface area contributed by atoms with E-state index in [1.54, 1.807) is 12.2 Å². The molecule has 0 bridgehead atoms. The van der Waals surface area contributed by atoms with E-state index >= 15 is 0 Å². The molecule has 0 amide bonds. The molecule has 180 valence electrons. The molecule has 3 heteroatoms. The molecule has 0 saturated carbocycles. The van der Waals surface area contributed by atoms with Crippen LogP contribution in [0.3, 0.4) is 0 Å². The van der Waals surface area contributed by atoms with E-state index in [0.717, 1.165) is 50.6 Å². The maximum atomic E-state index is 13.6. The quantitative estimate of drug-likeness (QED) is 0.241. The van der Waals surface area contributed by atoms with E-state index in [4.69, 9.17) is 0 Å². The third-order valence-corrected chi connectivity index (χ3v) is 6.49. The zero-order valence-electron chi connectivity index (χ0n) is 20.4. The molecule has 0 aromatic heterocycles. The van der Waals surface area contributed by atoms with E-state index in [-0.39, 0.29) is 5.56 Å². The first-order valence-electron chi connectivity index (χ1n) is 11.7. The van der Waals surface area contributed by atoms with Gasteiger partial charge in [0, 0.05) is 0 Å². The largest absolute Gasteiger partial charge is 0.416 e. The third-order valence-electron chi connectivity index (χ3n) is 6.49. The molecule has 0 nitrogen and oxygen atoms in total. The summed E-state index contributed by atoms with van der Waals surface area (Å²) in [5, 5.41) is 0. The van der Waals surface area contributed by atoms with E-state index in [0.29, 0.717) is 5.56 Å². The lowest BCUT2D eigenvalue weighted by molar-refractivity contribution is -0.137.